The minimum absolute atomic E-state index is 0.00986. The second-order valence-electron chi connectivity index (χ2n) is 7.09. The molecule has 0 aliphatic heterocycles. The number of hydrogen-bond donors (Lipinski definition) is 1. The molecule has 0 spiro atoms. The fraction of sp³-hybridized carbons (Fsp3) is 0.611. The van der Waals surface area contributed by atoms with Crippen LogP contribution in [0.25, 0.3) is 0 Å². The second kappa shape index (κ2) is 13.4. The van der Waals surface area contributed by atoms with Crippen molar-refractivity contribution in [3.8, 4) is 0 Å². The van der Waals surface area contributed by atoms with Gasteiger partial charge in [-0.05, 0) is 19.3 Å². The molecule has 0 unspecified atom stereocenters. The minimum Gasteiger partial charge on any atom is -0.396 e. The summed E-state index contributed by atoms with van der Waals surface area (Å²) in [6.07, 6.45) is 2.61. The van der Waals surface area contributed by atoms with Crippen molar-refractivity contribution >= 4 is 49.0 Å². The lowest BCUT2D eigenvalue weighted by Crippen LogP contribution is -2.34. The summed E-state index contributed by atoms with van der Waals surface area (Å²) in [7, 11) is -2.30. The van der Waals surface area contributed by atoms with Gasteiger partial charge in [0.15, 0.2) is 0 Å². The van der Waals surface area contributed by atoms with Crippen LogP contribution in [-0.4, -0.2) is 85.7 Å². The molecule has 1 aromatic rings. The molecule has 1 rings (SSSR count). The number of nitrogens with zero attached hydrogens (tertiary/aromatic N) is 4. The molecule has 0 radical (unpaired) electrons. The molecule has 0 saturated carbocycles. The first kappa shape index (κ1) is 28.7. The maximum Gasteiger partial charge on any atom is 0.300 e. The number of halogens is 1. The Morgan fingerprint density at radius 2 is 1.79 bits per heavy atom. The van der Waals surface area contributed by atoms with Gasteiger partial charge >= 0.3 is 0 Å². The minimum atomic E-state index is -3.77. The number of hydrogen-bond acceptors (Lipinski definition) is 10. The Kier molecular flexibility index (Phi) is 11.6. The summed E-state index contributed by atoms with van der Waals surface area (Å²) >= 11 is 3.22. The third-order valence-electron chi connectivity index (χ3n) is 4.54. The Hall–Kier alpha value is -2.36. The third-order valence-corrected chi connectivity index (χ3v) is 5.49. The number of aliphatic hydroxyl groups excluding tert-OH is 1. The van der Waals surface area contributed by atoms with Crippen molar-refractivity contribution in [2.24, 2.45) is 0 Å². The fourth-order valence-electron chi connectivity index (χ4n) is 3.03. The van der Waals surface area contributed by atoms with Gasteiger partial charge in [-0.3, -0.25) is 29.2 Å². The molecule has 1 N–H and O–H groups in total. The molecule has 0 fully saturated rings. The number of aliphatic hydroxyl groups is 1. The highest BCUT2D eigenvalue weighted by atomic mass is 79.9. The lowest BCUT2D eigenvalue weighted by molar-refractivity contribution is -0.393. The first-order valence-corrected chi connectivity index (χ1v) is 12.8. The molecule has 0 aliphatic carbocycles. The van der Waals surface area contributed by atoms with Crippen LogP contribution < -0.4 is 4.90 Å². The zero-order valence-electron chi connectivity index (χ0n) is 18.3. The first-order valence-electron chi connectivity index (χ1n) is 9.91. The number of nitro benzene ring substituents is 2. The number of nitro groups is 2. The van der Waals surface area contributed by atoms with E-state index in [4.69, 9.17) is 9.29 Å². The lowest BCUT2D eigenvalue weighted by atomic mass is 10.1. The molecule has 0 atom stereocenters. The van der Waals surface area contributed by atoms with Gasteiger partial charge < -0.3 is 14.9 Å². The Labute approximate surface area is 199 Å². The van der Waals surface area contributed by atoms with E-state index in [1.165, 1.54) is 16.8 Å². The number of benzene rings is 1. The topological polar surface area (TPSA) is 173 Å². The molecule has 33 heavy (non-hydrogen) atoms. The quantitative estimate of drug-likeness (QED) is 0.111. The van der Waals surface area contributed by atoms with Crippen LogP contribution in [0, 0.1) is 20.2 Å². The Morgan fingerprint density at radius 3 is 2.30 bits per heavy atom. The van der Waals surface area contributed by atoms with E-state index in [0.29, 0.717) is 24.6 Å². The Bertz CT molecular complexity index is 958. The van der Waals surface area contributed by atoms with Crippen molar-refractivity contribution in [1.82, 2.24) is 4.90 Å². The van der Waals surface area contributed by atoms with E-state index >= 15 is 0 Å². The fourth-order valence-corrected chi connectivity index (χ4v) is 3.83. The van der Waals surface area contributed by atoms with Crippen LogP contribution in [0.1, 0.15) is 29.6 Å². The molecule has 0 aromatic heterocycles. The first-order chi connectivity index (χ1) is 15.4. The van der Waals surface area contributed by atoms with E-state index in [1.807, 2.05) is 0 Å². The average molecular weight is 555 g/mol. The van der Waals surface area contributed by atoms with Crippen LogP contribution in [0.3, 0.4) is 0 Å². The largest absolute Gasteiger partial charge is 0.396 e. The van der Waals surface area contributed by atoms with Gasteiger partial charge in [0.25, 0.3) is 27.4 Å². The molecule has 15 heteroatoms. The SMILES string of the molecule is CN(CCCCCO)C(=O)c1cc([N+](=O)[O-])cc([N+](=O)[O-])c1N(CCBr)CCOS(C)(=O)=O. The highest BCUT2D eigenvalue weighted by Gasteiger charge is 2.32. The predicted molar refractivity (Wildman–Crippen MR) is 124 cm³/mol. The maximum atomic E-state index is 13.2. The summed E-state index contributed by atoms with van der Waals surface area (Å²) in [4.78, 5) is 37.4. The predicted octanol–water partition coefficient (Wildman–Crippen LogP) is 1.92. The highest BCUT2D eigenvalue weighted by molar-refractivity contribution is 9.09. The number of rotatable bonds is 15. The van der Waals surface area contributed by atoms with Crippen LogP contribution >= 0.6 is 15.9 Å². The molecule has 0 bridgehead atoms. The summed E-state index contributed by atoms with van der Waals surface area (Å²) < 4.78 is 27.3. The van der Waals surface area contributed by atoms with Crippen molar-refractivity contribution in [2.75, 3.05) is 56.4 Å². The summed E-state index contributed by atoms with van der Waals surface area (Å²) in [5.74, 6) is -0.663. The van der Waals surface area contributed by atoms with E-state index in [-0.39, 0.29) is 44.1 Å². The molecule has 0 heterocycles. The number of carbonyl (C=O) groups is 1. The van der Waals surface area contributed by atoms with Gasteiger partial charge in [-0.2, -0.15) is 8.42 Å². The van der Waals surface area contributed by atoms with Gasteiger partial charge in [-0.15, -0.1) is 0 Å². The van der Waals surface area contributed by atoms with Gasteiger partial charge in [-0.1, -0.05) is 15.9 Å². The number of alkyl halides is 1. The van der Waals surface area contributed by atoms with Gasteiger partial charge in [0.2, 0.25) is 0 Å². The van der Waals surface area contributed by atoms with Crippen molar-refractivity contribution in [2.45, 2.75) is 19.3 Å². The van der Waals surface area contributed by atoms with Gasteiger partial charge in [-0.25, -0.2) is 0 Å². The molecule has 0 saturated heterocycles. The van der Waals surface area contributed by atoms with Gasteiger partial charge in [0.1, 0.15) is 5.69 Å². The lowest BCUT2D eigenvalue weighted by Gasteiger charge is -2.27. The summed E-state index contributed by atoms with van der Waals surface area (Å²) in [6, 6.07) is 1.75. The smallest absolute Gasteiger partial charge is 0.300 e. The van der Waals surface area contributed by atoms with Crippen LogP contribution in [0.5, 0.6) is 0 Å². The van der Waals surface area contributed by atoms with Crippen molar-refractivity contribution in [3.63, 3.8) is 0 Å². The van der Waals surface area contributed by atoms with E-state index in [9.17, 15) is 33.4 Å². The van der Waals surface area contributed by atoms with E-state index in [2.05, 4.69) is 15.9 Å². The second-order valence-corrected chi connectivity index (χ2v) is 9.53. The van der Waals surface area contributed by atoms with E-state index < -0.39 is 37.2 Å². The normalized spacial score (nSPS) is 11.3. The monoisotopic (exact) mass is 554 g/mol. The molecular formula is C18H27BrN4O9S. The standard InChI is InChI=1S/C18H27BrN4O9S/c1-20(7-4-3-5-10-24)18(25)15-12-14(22(26)27)13-16(23(28)29)17(15)21(8-6-19)9-11-32-33(2,30)31/h12-13,24H,3-11H2,1-2H3. The molecule has 0 aliphatic rings. The molecular weight excluding hydrogens is 528 g/mol. The summed E-state index contributed by atoms with van der Waals surface area (Å²) in [5, 5.41) is 32.4. The molecule has 186 valence electrons. The molecule has 1 amide bonds. The van der Waals surface area contributed by atoms with Crippen LogP contribution in [0.15, 0.2) is 12.1 Å². The van der Waals surface area contributed by atoms with Crippen LogP contribution in [0.4, 0.5) is 17.1 Å². The van der Waals surface area contributed by atoms with Gasteiger partial charge in [0.05, 0.1) is 34.3 Å². The highest BCUT2D eigenvalue weighted by Crippen LogP contribution is 2.37. The van der Waals surface area contributed by atoms with E-state index in [1.54, 1.807) is 0 Å². The Morgan fingerprint density at radius 1 is 1.12 bits per heavy atom. The van der Waals surface area contributed by atoms with Crippen molar-refractivity contribution in [3.05, 3.63) is 37.9 Å². The zero-order chi connectivity index (χ0) is 25.2. The van der Waals surface area contributed by atoms with Crippen molar-refractivity contribution < 1.29 is 32.3 Å². The van der Waals surface area contributed by atoms with E-state index in [0.717, 1.165) is 18.4 Å². The number of unbranched alkanes of at least 4 members (excludes halogenated alkanes) is 2. The number of carbonyl (C=O) groups excluding carboxylic acids is 1. The van der Waals surface area contributed by atoms with Gasteiger partial charge in [0, 0.05) is 44.7 Å². The number of amides is 1. The number of anilines is 1. The van der Waals surface area contributed by atoms with Crippen LogP contribution in [0.2, 0.25) is 0 Å². The summed E-state index contributed by atoms with van der Waals surface area (Å²) in [5.41, 5.74) is -1.68. The molecule has 1 aromatic carbocycles. The third kappa shape index (κ3) is 9.19. The summed E-state index contributed by atoms with van der Waals surface area (Å²) in [6.45, 7) is -0.0605. The molecule has 13 nitrogen and oxygen atoms in total. The Balaban J connectivity index is 3.50. The maximum absolute atomic E-state index is 13.2. The van der Waals surface area contributed by atoms with Crippen LogP contribution in [-0.2, 0) is 14.3 Å². The number of non-ortho nitro benzene ring substituents is 1. The zero-order valence-corrected chi connectivity index (χ0v) is 20.7. The average Bonchev–Trinajstić information content (AvgIpc) is 2.73. The van der Waals surface area contributed by atoms with Crippen molar-refractivity contribution in [1.29, 1.82) is 0 Å².